The first-order chi connectivity index (χ1) is 8.21. The zero-order chi connectivity index (χ0) is 13.7. The summed E-state index contributed by atoms with van der Waals surface area (Å²) in [4.78, 5) is 3.55. The molecule has 0 spiro atoms. The molecule has 2 rings (SSSR count). The van der Waals surface area contributed by atoms with Gasteiger partial charge in [0.15, 0.2) is 0 Å². The first-order valence-corrected chi connectivity index (χ1v) is 5.87. The molecule has 7 heteroatoms. The van der Waals surface area contributed by atoms with Crippen LogP contribution in [0.25, 0.3) is 10.9 Å². The Morgan fingerprint density at radius 2 is 1.72 bits per heavy atom. The number of hydrogen-bond donors (Lipinski definition) is 0. The molecule has 96 valence electrons. The third-order valence-corrected chi connectivity index (χ3v) is 3.43. The van der Waals surface area contributed by atoms with Crippen LogP contribution in [-0.2, 0) is 6.18 Å². The molecule has 1 nitrogen and oxygen atoms in total. The molecule has 1 heterocycles. The molecule has 0 aliphatic heterocycles. The molecule has 2 aromatic rings. The Morgan fingerprint density at radius 3 is 2.28 bits per heavy atom. The Hall–Kier alpha value is -0.710. The summed E-state index contributed by atoms with van der Waals surface area (Å²) in [5, 5.41) is 0.585. The van der Waals surface area contributed by atoms with Crippen molar-refractivity contribution < 1.29 is 13.2 Å². The number of nitrogens with zero attached hydrogens (tertiary/aromatic N) is 1. The van der Waals surface area contributed by atoms with Crippen molar-refractivity contribution in [1.29, 1.82) is 0 Å². The Balaban J connectivity index is 2.93. The van der Waals surface area contributed by atoms with Gasteiger partial charge in [-0.2, -0.15) is 13.2 Å². The van der Waals surface area contributed by atoms with E-state index < -0.39 is 11.9 Å². The maximum atomic E-state index is 12.8. The smallest absolute Gasteiger partial charge is 0.243 e. The summed E-state index contributed by atoms with van der Waals surface area (Å²) < 4.78 is 38.3. The Morgan fingerprint density at radius 1 is 1.11 bits per heavy atom. The van der Waals surface area contributed by atoms with Gasteiger partial charge in [-0.1, -0.05) is 34.8 Å². The summed E-state index contributed by atoms with van der Waals surface area (Å²) in [5.74, 6) is 0. The van der Waals surface area contributed by atoms with E-state index in [1.165, 1.54) is 19.1 Å². The fraction of sp³-hybridized carbons (Fsp3) is 0.182. The van der Waals surface area contributed by atoms with Gasteiger partial charge in [0, 0.05) is 10.4 Å². The molecule has 0 bridgehead atoms. The van der Waals surface area contributed by atoms with Gasteiger partial charge in [0.05, 0.1) is 15.6 Å². The average molecular weight is 315 g/mol. The van der Waals surface area contributed by atoms with E-state index >= 15 is 0 Å². The van der Waals surface area contributed by atoms with Gasteiger partial charge in [0.25, 0.3) is 0 Å². The lowest BCUT2D eigenvalue weighted by Gasteiger charge is -2.13. The highest BCUT2D eigenvalue weighted by Gasteiger charge is 2.36. The highest BCUT2D eigenvalue weighted by molar-refractivity contribution is 6.43. The Kier molecular flexibility index (Phi) is 3.38. The van der Waals surface area contributed by atoms with Crippen LogP contribution in [-0.4, -0.2) is 4.98 Å². The minimum Gasteiger partial charge on any atom is -0.243 e. The van der Waals surface area contributed by atoms with E-state index in [2.05, 4.69) is 4.98 Å². The minimum atomic E-state index is -4.57. The Bertz CT molecular complexity index is 638. The highest BCUT2D eigenvalue weighted by Crippen LogP contribution is 2.39. The molecule has 0 saturated heterocycles. The fourth-order valence-corrected chi connectivity index (χ4v) is 2.55. The summed E-state index contributed by atoms with van der Waals surface area (Å²) in [5.41, 5.74) is -1.16. The second kappa shape index (κ2) is 4.44. The summed E-state index contributed by atoms with van der Waals surface area (Å²) in [6.07, 6.45) is -4.57. The molecule has 0 aliphatic rings. The average Bonchev–Trinajstić information content (AvgIpc) is 2.20. The van der Waals surface area contributed by atoms with E-state index in [0.29, 0.717) is 0 Å². The summed E-state index contributed by atoms with van der Waals surface area (Å²) in [6, 6.07) is 2.70. The SMILES string of the molecule is Cc1c(C(F)(F)F)nc2cc(Cl)cc(Cl)c2c1Cl. The predicted molar refractivity (Wildman–Crippen MR) is 66.5 cm³/mol. The van der Waals surface area contributed by atoms with E-state index in [9.17, 15) is 13.2 Å². The zero-order valence-electron chi connectivity index (χ0n) is 8.87. The number of rotatable bonds is 0. The molecule has 0 unspecified atom stereocenters. The normalized spacial score (nSPS) is 12.2. The molecular weight excluding hydrogens is 309 g/mol. The van der Waals surface area contributed by atoms with Crippen LogP contribution in [0.3, 0.4) is 0 Å². The standard InChI is InChI=1S/C11H5Cl3F3N/c1-4-9(14)8-6(13)2-5(12)3-7(8)18-10(4)11(15,16)17/h2-3H,1H3. The highest BCUT2D eigenvalue weighted by atomic mass is 35.5. The van der Waals surface area contributed by atoms with Crippen LogP contribution in [0.2, 0.25) is 15.1 Å². The summed E-state index contributed by atoms with van der Waals surface area (Å²) in [7, 11) is 0. The quantitative estimate of drug-likeness (QED) is 0.623. The lowest BCUT2D eigenvalue weighted by atomic mass is 10.1. The van der Waals surface area contributed by atoms with Crippen LogP contribution in [0, 0.1) is 6.92 Å². The van der Waals surface area contributed by atoms with Crippen LogP contribution in [0.15, 0.2) is 12.1 Å². The number of pyridine rings is 1. The van der Waals surface area contributed by atoms with Gasteiger partial charge in [-0.25, -0.2) is 4.98 Å². The molecule has 0 fully saturated rings. The number of alkyl halides is 3. The van der Waals surface area contributed by atoms with E-state index in [1.807, 2.05) is 0 Å². The first-order valence-electron chi connectivity index (χ1n) is 4.74. The van der Waals surface area contributed by atoms with Gasteiger partial charge in [0.1, 0.15) is 5.69 Å². The van der Waals surface area contributed by atoms with Crippen molar-refractivity contribution in [1.82, 2.24) is 4.98 Å². The number of benzene rings is 1. The first kappa shape index (κ1) is 13.7. The summed E-state index contributed by atoms with van der Waals surface area (Å²) >= 11 is 17.6. The van der Waals surface area contributed by atoms with Crippen LogP contribution in [0.4, 0.5) is 13.2 Å². The number of aromatic nitrogens is 1. The second-order valence-electron chi connectivity index (χ2n) is 3.68. The third-order valence-electron chi connectivity index (χ3n) is 2.44. The topological polar surface area (TPSA) is 12.9 Å². The molecule has 0 atom stereocenters. The maximum absolute atomic E-state index is 12.8. The maximum Gasteiger partial charge on any atom is 0.433 e. The molecule has 1 aromatic carbocycles. The van der Waals surface area contributed by atoms with Gasteiger partial charge in [-0.05, 0) is 24.6 Å². The van der Waals surface area contributed by atoms with Crippen LogP contribution < -0.4 is 0 Å². The van der Waals surface area contributed by atoms with Gasteiger partial charge in [-0.15, -0.1) is 0 Å². The second-order valence-corrected chi connectivity index (χ2v) is 4.90. The summed E-state index contributed by atoms with van der Waals surface area (Å²) in [6.45, 7) is 1.25. The molecule has 18 heavy (non-hydrogen) atoms. The van der Waals surface area contributed by atoms with Crippen LogP contribution in [0.1, 0.15) is 11.3 Å². The largest absolute Gasteiger partial charge is 0.433 e. The van der Waals surface area contributed by atoms with Crippen molar-refractivity contribution in [3.8, 4) is 0 Å². The van der Waals surface area contributed by atoms with Crippen LogP contribution >= 0.6 is 34.8 Å². The van der Waals surface area contributed by atoms with E-state index in [-0.39, 0.29) is 31.5 Å². The van der Waals surface area contributed by atoms with E-state index in [4.69, 9.17) is 34.8 Å². The third kappa shape index (κ3) is 2.25. The lowest BCUT2D eigenvalue weighted by molar-refractivity contribution is -0.141. The predicted octanol–water partition coefficient (Wildman–Crippen LogP) is 5.52. The number of hydrogen-bond acceptors (Lipinski definition) is 1. The van der Waals surface area contributed by atoms with Crippen molar-refractivity contribution in [3.05, 3.63) is 38.5 Å². The van der Waals surface area contributed by atoms with Crippen molar-refractivity contribution in [2.75, 3.05) is 0 Å². The Labute approximate surface area is 115 Å². The minimum absolute atomic E-state index is 0.0235. The van der Waals surface area contributed by atoms with E-state index in [1.54, 1.807) is 0 Å². The van der Waals surface area contributed by atoms with Gasteiger partial charge in [0.2, 0.25) is 0 Å². The van der Waals surface area contributed by atoms with Crippen molar-refractivity contribution >= 4 is 45.7 Å². The van der Waals surface area contributed by atoms with Gasteiger partial charge in [-0.3, -0.25) is 0 Å². The monoisotopic (exact) mass is 313 g/mol. The van der Waals surface area contributed by atoms with Crippen molar-refractivity contribution in [3.63, 3.8) is 0 Å². The molecule has 0 N–H and O–H groups in total. The van der Waals surface area contributed by atoms with Crippen molar-refractivity contribution in [2.45, 2.75) is 13.1 Å². The number of halogens is 6. The van der Waals surface area contributed by atoms with Crippen LogP contribution in [0.5, 0.6) is 0 Å². The molecule has 0 radical (unpaired) electrons. The lowest BCUT2D eigenvalue weighted by Crippen LogP contribution is -2.11. The zero-order valence-corrected chi connectivity index (χ0v) is 11.1. The van der Waals surface area contributed by atoms with Gasteiger partial charge >= 0.3 is 6.18 Å². The molecule has 0 saturated carbocycles. The molecule has 0 aliphatic carbocycles. The van der Waals surface area contributed by atoms with Crippen molar-refractivity contribution in [2.24, 2.45) is 0 Å². The molecule has 1 aromatic heterocycles. The fourth-order valence-electron chi connectivity index (χ4n) is 1.64. The van der Waals surface area contributed by atoms with Gasteiger partial charge < -0.3 is 0 Å². The number of fused-ring (bicyclic) bond motifs is 1. The molecular formula is C11H5Cl3F3N. The molecule has 0 amide bonds. The van der Waals surface area contributed by atoms with E-state index in [0.717, 1.165) is 0 Å².